The van der Waals surface area contributed by atoms with Crippen molar-refractivity contribution in [3.63, 3.8) is 0 Å². The average molecular weight is 294 g/mol. The van der Waals surface area contributed by atoms with E-state index < -0.39 is 0 Å². The highest BCUT2D eigenvalue weighted by molar-refractivity contribution is 6.31. The Hall–Kier alpha value is -2.07. The summed E-state index contributed by atoms with van der Waals surface area (Å²) < 4.78 is 16.1. The van der Waals surface area contributed by atoms with Gasteiger partial charge in [0.2, 0.25) is 0 Å². The highest BCUT2D eigenvalue weighted by Crippen LogP contribution is 2.29. The summed E-state index contributed by atoms with van der Waals surface area (Å²) in [6, 6.07) is 10.7. The van der Waals surface area contributed by atoms with Gasteiger partial charge in [0.15, 0.2) is 0 Å². The molecular formula is C15H16ClNO3. The van der Waals surface area contributed by atoms with Gasteiger partial charge in [0.25, 0.3) is 0 Å². The van der Waals surface area contributed by atoms with Crippen molar-refractivity contribution in [2.75, 3.05) is 20.0 Å². The Balaban J connectivity index is 2.18. The van der Waals surface area contributed by atoms with Crippen LogP contribution in [0.1, 0.15) is 5.56 Å². The number of nitrogens with two attached hydrogens (primary N) is 1. The maximum atomic E-state index is 6.10. The van der Waals surface area contributed by atoms with Crippen molar-refractivity contribution in [1.29, 1.82) is 0 Å². The summed E-state index contributed by atoms with van der Waals surface area (Å²) in [6.45, 7) is 0.280. The molecule has 20 heavy (non-hydrogen) atoms. The molecule has 5 heteroatoms. The monoisotopic (exact) mass is 293 g/mol. The van der Waals surface area contributed by atoms with E-state index in [1.807, 2.05) is 0 Å². The first-order chi connectivity index (χ1) is 9.63. The average Bonchev–Trinajstić information content (AvgIpc) is 2.46. The molecule has 0 radical (unpaired) electrons. The third kappa shape index (κ3) is 3.27. The van der Waals surface area contributed by atoms with Gasteiger partial charge < -0.3 is 19.9 Å². The molecule has 0 aliphatic rings. The molecule has 2 N–H and O–H groups in total. The van der Waals surface area contributed by atoms with Gasteiger partial charge in [-0.05, 0) is 12.1 Å². The minimum Gasteiger partial charge on any atom is -0.496 e. The van der Waals surface area contributed by atoms with E-state index in [1.165, 1.54) is 0 Å². The molecule has 4 nitrogen and oxygen atoms in total. The topological polar surface area (TPSA) is 53.7 Å². The smallest absolute Gasteiger partial charge is 0.127 e. The van der Waals surface area contributed by atoms with Crippen molar-refractivity contribution < 1.29 is 14.2 Å². The molecule has 0 aliphatic heterocycles. The van der Waals surface area contributed by atoms with Gasteiger partial charge in [-0.15, -0.1) is 0 Å². The predicted octanol–water partition coefficient (Wildman–Crippen LogP) is 3.52. The van der Waals surface area contributed by atoms with E-state index in [9.17, 15) is 0 Å². The van der Waals surface area contributed by atoms with Crippen LogP contribution in [0, 0.1) is 0 Å². The molecule has 2 aromatic carbocycles. The van der Waals surface area contributed by atoms with Gasteiger partial charge >= 0.3 is 0 Å². The first-order valence-electron chi connectivity index (χ1n) is 6.02. The third-order valence-corrected chi connectivity index (χ3v) is 3.22. The quantitative estimate of drug-likeness (QED) is 0.857. The predicted molar refractivity (Wildman–Crippen MR) is 79.7 cm³/mol. The van der Waals surface area contributed by atoms with Crippen molar-refractivity contribution in [2.24, 2.45) is 0 Å². The molecule has 0 atom stereocenters. The number of anilines is 1. The molecule has 106 valence electrons. The van der Waals surface area contributed by atoms with Crippen LogP contribution in [0.3, 0.4) is 0 Å². The number of rotatable bonds is 5. The Morgan fingerprint density at radius 3 is 2.15 bits per heavy atom. The van der Waals surface area contributed by atoms with E-state index in [0.29, 0.717) is 28.0 Å². The largest absolute Gasteiger partial charge is 0.496 e. The van der Waals surface area contributed by atoms with Crippen LogP contribution in [-0.2, 0) is 6.61 Å². The van der Waals surface area contributed by atoms with Crippen LogP contribution in [0.15, 0.2) is 36.4 Å². The lowest BCUT2D eigenvalue weighted by atomic mass is 10.2. The summed E-state index contributed by atoms with van der Waals surface area (Å²) in [7, 11) is 3.18. The second-order valence-electron chi connectivity index (χ2n) is 4.14. The van der Waals surface area contributed by atoms with E-state index in [4.69, 9.17) is 31.5 Å². The number of hydrogen-bond acceptors (Lipinski definition) is 4. The molecule has 0 spiro atoms. The molecule has 0 aliphatic carbocycles. The summed E-state index contributed by atoms with van der Waals surface area (Å²) >= 11 is 6.10. The Morgan fingerprint density at radius 2 is 1.60 bits per heavy atom. The third-order valence-electron chi connectivity index (χ3n) is 2.86. The first-order valence-corrected chi connectivity index (χ1v) is 6.40. The molecule has 0 unspecified atom stereocenters. The summed E-state index contributed by atoms with van der Waals surface area (Å²) in [6.07, 6.45) is 0. The van der Waals surface area contributed by atoms with Crippen molar-refractivity contribution >= 4 is 17.3 Å². The zero-order chi connectivity index (χ0) is 14.5. The Morgan fingerprint density at radius 1 is 1.00 bits per heavy atom. The highest BCUT2D eigenvalue weighted by Gasteiger charge is 2.07. The van der Waals surface area contributed by atoms with Gasteiger partial charge in [-0.25, -0.2) is 0 Å². The number of halogens is 1. The number of benzene rings is 2. The Labute approximate surface area is 123 Å². The van der Waals surface area contributed by atoms with E-state index in [-0.39, 0.29) is 6.61 Å². The minimum atomic E-state index is 0.280. The fourth-order valence-corrected chi connectivity index (χ4v) is 1.98. The summed E-state index contributed by atoms with van der Waals surface area (Å²) in [5, 5.41) is 0.583. The Kier molecular flexibility index (Phi) is 4.58. The zero-order valence-electron chi connectivity index (χ0n) is 11.4. The van der Waals surface area contributed by atoms with E-state index in [2.05, 4.69) is 0 Å². The second-order valence-corrected chi connectivity index (χ2v) is 4.55. The molecule has 2 aromatic rings. The van der Waals surface area contributed by atoms with Crippen LogP contribution >= 0.6 is 11.6 Å². The summed E-state index contributed by atoms with van der Waals surface area (Å²) in [5.41, 5.74) is 7.25. The zero-order valence-corrected chi connectivity index (χ0v) is 12.1. The molecule has 0 saturated carbocycles. The standard InChI is InChI=1S/C15H16ClNO3/c1-18-10-6-11(19-2)8-12(7-10)20-9-13-14(16)4-3-5-15(13)17/h3-8H,9,17H2,1-2H3. The van der Waals surface area contributed by atoms with Gasteiger partial charge in [0.05, 0.1) is 14.2 Å². The summed E-state index contributed by atoms with van der Waals surface area (Å²) in [5.74, 6) is 1.94. The maximum absolute atomic E-state index is 6.10. The normalized spacial score (nSPS) is 10.2. The van der Waals surface area contributed by atoms with Crippen LogP contribution in [0.4, 0.5) is 5.69 Å². The first kappa shape index (κ1) is 14.3. The molecule has 0 amide bonds. The number of nitrogen functional groups attached to an aromatic ring is 1. The number of ether oxygens (including phenoxy) is 3. The lowest BCUT2D eigenvalue weighted by Gasteiger charge is -2.12. The SMILES string of the molecule is COc1cc(OC)cc(OCc2c(N)cccc2Cl)c1. The van der Waals surface area contributed by atoms with Gasteiger partial charge in [-0.2, -0.15) is 0 Å². The van der Waals surface area contributed by atoms with Gasteiger partial charge in [0, 0.05) is 34.5 Å². The van der Waals surface area contributed by atoms with Gasteiger partial charge in [0.1, 0.15) is 23.9 Å². The molecule has 2 rings (SSSR count). The molecule has 0 bridgehead atoms. The lowest BCUT2D eigenvalue weighted by molar-refractivity contribution is 0.301. The van der Waals surface area contributed by atoms with Crippen molar-refractivity contribution in [3.05, 3.63) is 47.0 Å². The minimum absolute atomic E-state index is 0.280. The van der Waals surface area contributed by atoms with Crippen LogP contribution in [0.25, 0.3) is 0 Å². The number of hydrogen-bond donors (Lipinski definition) is 1. The molecule has 0 saturated heterocycles. The fourth-order valence-electron chi connectivity index (χ4n) is 1.75. The van der Waals surface area contributed by atoms with Crippen LogP contribution in [0.2, 0.25) is 5.02 Å². The van der Waals surface area contributed by atoms with Crippen LogP contribution < -0.4 is 19.9 Å². The van der Waals surface area contributed by atoms with Crippen molar-refractivity contribution in [2.45, 2.75) is 6.61 Å². The Bertz CT molecular complexity index is 559. The fraction of sp³-hybridized carbons (Fsp3) is 0.200. The van der Waals surface area contributed by atoms with Gasteiger partial charge in [-0.1, -0.05) is 17.7 Å². The molecule has 0 aromatic heterocycles. The number of methoxy groups -OCH3 is 2. The maximum Gasteiger partial charge on any atom is 0.127 e. The van der Waals surface area contributed by atoms with Crippen LogP contribution in [-0.4, -0.2) is 14.2 Å². The summed E-state index contributed by atoms with van der Waals surface area (Å²) in [4.78, 5) is 0. The molecule has 0 fully saturated rings. The van der Waals surface area contributed by atoms with E-state index >= 15 is 0 Å². The van der Waals surface area contributed by atoms with Crippen molar-refractivity contribution in [1.82, 2.24) is 0 Å². The second kappa shape index (κ2) is 6.39. The lowest BCUT2D eigenvalue weighted by Crippen LogP contribution is -2.01. The van der Waals surface area contributed by atoms with E-state index in [0.717, 1.165) is 5.56 Å². The van der Waals surface area contributed by atoms with Gasteiger partial charge in [-0.3, -0.25) is 0 Å². The molecule has 0 heterocycles. The highest BCUT2D eigenvalue weighted by atomic mass is 35.5. The van der Waals surface area contributed by atoms with Crippen LogP contribution in [0.5, 0.6) is 17.2 Å². The molecular weight excluding hydrogens is 278 g/mol. The van der Waals surface area contributed by atoms with E-state index in [1.54, 1.807) is 50.6 Å². The van der Waals surface area contributed by atoms with Crippen molar-refractivity contribution in [3.8, 4) is 17.2 Å².